The van der Waals surface area contributed by atoms with E-state index in [1.54, 1.807) is 13.3 Å². The molecule has 4 aromatic rings. The SMILES string of the molecule is COc1ncccc1-c1cccc2c1CC[C@H]2Oc1ccc(-c2ccns2)cc1. The third kappa shape index (κ3) is 3.38. The summed E-state index contributed by atoms with van der Waals surface area (Å²) in [6, 6.07) is 20.7. The fraction of sp³-hybridized carbons (Fsp3) is 0.167. The van der Waals surface area contributed by atoms with Gasteiger partial charge in [0.25, 0.3) is 0 Å². The standard InChI is InChI=1S/C24H20N2O2S/c1-27-24-21(6-3-14-25-24)18-4-2-5-20-19(18)11-12-22(20)28-17-9-7-16(8-10-17)23-13-15-26-29-23/h2-10,13-15,22H,11-12H2,1H3/t22-/m1/s1. The molecule has 5 rings (SSSR count). The lowest BCUT2D eigenvalue weighted by Gasteiger charge is -2.16. The Hall–Kier alpha value is -3.18. The summed E-state index contributed by atoms with van der Waals surface area (Å²) in [7, 11) is 1.66. The molecular formula is C24H20N2O2S. The molecule has 2 aromatic carbocycles. The molecule has 144 valence electrons. The minimum Gasteiger partial charge on any atom is -0.486 e. The van der Waals surface area contributed by atoms with Crippen molar-refractivity contribution in [2.75, 3.05) is 7.11 Å². The Morgan fingerprint density at radius 1 is 0.931 bits per heavy atom. The van der Waals surface area contributed by atoms with Crippen LogP contribution in [-0.2, 0) is 6.42 Å². The lowest BCUT2D eigenvalue weighted by atomic mass is 9.97. The van der Waals surface area contributed by atoms with Crippen LogP contribution in [0.1, 0.15) is 23.7 Å². The molecule has 1 atom stereocenters. The molecule has 1 aliphatic carbocycles. The van der Waals surface area contributed by atoms with E-state index in [0.29, 0.717) is 5.88 Å². The van der Waals surface area contributed by atoms with E-state index >= 15 is 0 Å². The fourth-order valence-electron chi connectivity index (χ4n) is 3.98. The van der Waals surface area contributed by atoms with Gasteiger partial charge in [-0.2, -0.15) is 0 Å². The van der Waals surface area contributed by atoms with Crippen molar-refractivity contribution < 1.29 is 9.47 Å². The summed E-state index contributed by atoms with van der Waals surface area (Å²) < 4.78 is 16.0. The van der Waals surface area contributed by atoms with Crippen molar-refractivity contribution in [3.63, 3.8) is 0 Å². The first-order valence-corrected chi connectivity index (χ1v) is 10.4. The van der Waals surface area contributed by atoms with E-state index in [-0.39, 0.29) is 6.10 Å². The Balaban J connectivity index is 1.42. The van der Waals surface area contributed by atoms with Crippen LogP contribution >= 0.6 is 11.5 Å². The smallest absolute Gasteiger partial charge is 0.221 e. The number of fused-ring (bicyclic) bond motifs is 1. The number of hydrogen-bond donors (Lipinski definition) is 0. The molecule has 0 aliphatic heterocycles. The number of methoxy groups -OCH3 is 1. The molecule has 4 nitrogen and oxygen atoms in total. The first kappa shape index (κ1) is 17.9. The Kier molecular flexibility index (Phi) is 4.74. The van der Waals surface area contributed by atoms with Gasteiger partial charge in [-0.3, -0.25) is 0 Å². The molecule has 0 amide bonds. The van der Waals surface area contributed by atoms with Crippen molar-refractivity contribution in [1.82, 2.24) is 9.36 Å². The van der Waals surface area contributed by atoms with Crippen molar-refractivity contribution in [3.8, 4) is 33.2 Å². The average Bonchev–Trinajstić information content (AvgIpc) is 3.45. The minimum atomic E-state index is 0.0573. The van der Waals surface area contributed by atoms with Crippen molar-refractivity contribution in [1.29, 1.82) is 0 Å². The summed E-state index contributed by atoms with van der Waals surface area (Å²) in [5.41, 5.74) is 5.95. The molecule has 0 radical (unpaired) electrons. The lowest BCUT2D eigenvalue weighted by Crippen LogP contribution is -2.03. The molecule has 5 heteroatoms. The van der Waals surface area contributed by atoms with E-state index in [2.05, 4.69) is 45.8 Å². The summed E-state index contributed by atoms with van der Waals surface area (Å²) in [6.45, 7) is 0. The molecular weight excluding hydrogens is 380 g/mol. The molecule has 29 heavy (non-hydrogen) atoms. The van der Waals surface area contributed by atoms with Gasteiger partial charge in [0.05, 0.1) is 12.0 Å². The first-order chi connectivity index (χ1) is 14.3. The zero-order valence-corrected chi connectivity index (χ0v) is 16.9. The molecule has 0 bridgehead atoms. The summed E-state index contributed by atoms with van der Waals surface area (Å²) >= 11 is 1.50. The highest BCUT2D eigenvalue weighted by atomic mass is 32.1. The van der Waals surface area contributed by atoms with Gasteiger partial charge in [-0.1, -0.05) is 18.2 Å². The highest BCUT2D eigenvalue weighted by Crippen LogP contribution is 2.42. The fourth-order valence-corrected chi connectivity index (χ4v) is 4.57. The molecule has 0 spiro atoms. The number of nitrogens with zero attached hydrogens (tertiary/aromatic N) is 2. The largest absolute Gasteiger partial charge is 0.486 e. The zero-order chi connectivity index (χ0) is 19.6. The van der Waals surface area contributed by atoms with Gasteiger partial charge in [-0.25, -0.2) is 9.36 Å². The molecule has 2 heterocycles. The Bertz CT molecular complexity index is 1120. The van der Waals surface area contributed by atoms with E-state index in [1.807, 2.05) is 30.5 Å². The number of benzene rings is 2. The molecule has 0 N–H and O–H groups in total. The maximum Gasteiger partial charge on any atom is 0.221 e. The zero-order valence-electron chi connectivity index (χ0n) is 16.0. The van der Waals surface area contributed by atoms with Gasteiger partial charge in [-0.15, -0.1) is 0 Å². The second-order valence-electron chi connectivity index (χ2n) is 6.98. The van der Waals surface area contributed by atoms with Gasteiger partial charge < -0.3 is 9.47 Å². The van der Waals surface area contributed by atoms with Gasteiger partial charge >= 0.3 is 0 Å². The van der Waals surface area contributed by atoms with Crippen molar-refractivity contribution >= 4 is 11.5 Å². The normalized spacial score (nSPS) is 15.1. The predicted molar refractivity (Wildman–Crippen MR) is 115 cm³/mol. The maximum atomic E-state index is 6.36. The molecule has 0 saturated carbocycles. The van der Waals surface area contributed by atoms with Crippen LogP contribution in [0.2, 0.25) is 0 Å². The molecule has 2 aromatic heterocycles. The van der Waals surface area contributed by atoms with Crippen molar-refractivity contribution in [2.45, 2.75) is 18.9 Å². The molecule has 1 aliphatic rings. The number of hydrogen-bond acceptors (Lipinski definition) is 5. The summed E-state index contributed by atoms with van der Waals surface area (Å²) in [4.78, 5) is 5.52. The Morgan fingerprint density at radius 3 is 2.59 bits per heavy atom. The number of rotatable bonds is 5. The van der Waals surface area contributed by atoms with Crippen LogP contribution in [0, 0.1) is 0 Å². The van der Waals surface area contributed by atoms with E-state index in [1.165, 1.54) is 28.2 Å². The van der Waals surface area contributed by atoms with Crippen LogP contribution < -0.4 is 9.47 Å². The second-order valence-corrected chi connectivity index (χ2v) is 7.81. The van der Waals surface area contributed by atoms with E-state index < -0.39 is 0 Å². The Morgan fingerprint density at radius 2 is 1.79 bits per heavy atom. The van der Waals surface area contributed by atoms with Crippen LogP contribution in [0.15, 0.2) is 73.1 Å². The third-order valence-electron chi connectivity index (χ3n) is 5.33. The van der Waals surface area contributed by atoms with Crippen LogP contribution in [0.4, 0.5) is 0 Å². The highest BCUT2D eigenvalue weighted by molar-refractivity contribution is 7.09. The van der Waals surface area contributed by atoms with Gasteiger partial charge in [-0.05, 0) is 89.1 Å². The predicted octanol–water partition coefficient (Wildman–Crippen LogP) is 5.95. The third-order valence-corrected chi connectivity index (χ3v) is 6.12. The highest BCUT2D eigenvalue weighted by Gasteiger charge is 2.27. The van der Waals surface area contributed by atoms with Gasteiger partial charge in [0.15, 0.2) is 0 Å². The van der Waals surface area contributed by atoms with E-state index in [0.717, 1.165) is 34.6 Å². The van der Waals surface area contributed by atoms with E-state index in [9.17, 15) is 0 Å². The summed E-state index contributed by atoms with van der Waals surface area (Å²) in [5.74, 6) is 1.55. The van der Waals surface area contributed by atoms with Gasteiger partial charge in [0.1, 0.15) is 11.9 Å². The summed E-state index contributed by atoms with van der Waals surface area (Å²) in [6.07, 6.45) is 5.59. The topological polar surface area (TPSA) is 44.2 Å². The number of aromatic nitrogens is 2. The van der Waals surface area contributed by atoms with Gasteiger partial charge in [0.2, 0.25) is 5.88 Å². The monoisotopic (exact) mass is 400 g/mol. The van der Waals surface area contributed by atoms with Gasteiger partial charge in [0, 0.05) is 18.0 Å². The average molecular weight is 401 g/mol. The van der Waals surface area contributed by atoms with Crippen LogP contribution in [-0.4, -0.2) is 16.5 Å². The molecule has 0 fully saturated rings. The lowest BCUT2D eigenvalue weighted by molar-refractivity contribution is 0.207. The number of pyridine rings is 1. The maximum absolute atomic E-state index is 6.36. The molecule has 0 saturated heterocycles. The quantitative estimate of drug-likeness (QED) is 0.415. The summed E-state index contributed by atoms with van der Waals surface area (Å²) in [5, 5.41) is 0. The molecule has 0 unspecified atom stereocenters. The van der Waals surface area contributed by atoms with Crippen molar-refractivity contribution in [3.05, 3.63) is 84.2 Å². The minimum absolute atomic E-state index is 0.0573. The van der Waals surface area contributed by atoms with E-state index in [4.69, 9.17) is 9.47 Å². The first-order valence-electron chi connectivity index (χ1n) is 9.62. The van der Waals surface area contributed by atoms with Crippen LogP contribution in [0.5, 0.6) is 11.6 Å². The van der Waals surface area contributed by atoms with Crippen LogP contribution in [0.3, 0.4) is 0 Å². The van der Waals surface area contributed by atoms with Crippen molar-refractivity contribution in [2.24, 2.45) is 0 Å². The van der Waals surface area contributed by atoms with Crippen LogP contribution in [0.25, 0.3) is 21.6 Å². The number of ether oxygens (including phenoxy) is 2. The Labute approximate surface area is 174 Å². The second kappa shape index (κ2) is 7.68.